The molecule has 154 valence electrons. The SMILES string of the molecule is CCS(O)(c1ccc(C)cc1)c1ccc(Oc2ccc(OC)c3ccccc23)cc1. The summed E-state index contributed by atoms with van der Waals surface area (Å²) in [6.45, 7) is 4.09. The van der Waals surface area contributed by atoms with Gasteiger partial charge in [-0.3, -0.25) is 0 Å². The number of hydrogen-bond donors (Lipinski definition) is 1. The average molecular weight is 419 g/mol. The molecule has 4 heteroatoms. The topological polar surface area (TPSA) is 38.7 Å². The Hall–Kier alpha value is -2.95. The van der Waals surface area contributed by atoms with Gasteiger partial charge < -0.3 is 14.0 Å². The van der Waals surface area contributed by atoms with Crippen molar-refractivity contribution < 1.29 is 14.0 Å². The number of hydrogen-bond acceptors (Lipinski definition) is 3. The van der Waals surface area contributed by atoms with Crippen molar-refractivity contribution in [3.63, 3.8) is 0 Å². The third-order valence-electron chi connectivity index (χ3n) is 5.33. The van der Waals surface area contributed by atoms with Gasteiger partial charge in [-0.1, -0.05) is 59.2 Å². The van der Waals surface area contributed by atoms with Crippen LogP contribution in [0, 0.1) is 6.92 Å². The highest BCUT2D eigenvalue weighted by atomic mass is 32.3. The molecule has 4 aromatic carbocycles. The first kappa shape index (κ1) is 20.3. The summed E-state index contributed by atoms with van der Waals surface area (Å²) in [6.07, 6.45) is 0. The highest BCUT2D eigenvalue weighted by molar-refractivity contribution is 8.29. The van der Waals surface area contributed by atoms with E-state index in [1.54, 1.807) is 7.11 Å². The predicted octanol–water partition coefficient (Wildman–Crippen LogP) is 7.66. The first-order valence-corrected chi connectivity index (χ1v) is 11.7. The molecule has 0 aromatic heterocycles. The lowest BCUT2D eigenvalue weighted by Crippen LogP contribution is -2.03. The van der Waals surface area contributed by atoms with Crippen LogP contribution in [0.15, 0.2) is 94.7 Å². The number of rotatable bonds is 6. The molecular weight excluding hydrogens is 392 g/mol. The van der Waals surface area contributed by atoms with E-state index in [0.717, 1.165) is 37.8 Å². The molecule has 1 N–H and O–H groups in total. The van der Waals surface area contributed by atoms with Gasteiger partial charge in [0, 0.05) is 26.3 Å². The summed E-state index contributed by atoms with van der Waals surface area (Å²) in [5.74, 6) is 2.99. The maximum Gasteiger partial charge on any atom is 0.135 e. The normalized spacial score (nSPS) is 14.1. The van der Waals surface area contributed by atoms with Crippen LogP contribution in [-0.2, 0) is 0 Å². The van der Waals surface area contributed by atoms with Gasteiger partial charge in [-0.15, -0.1) is 0 Å². The summed E-state index contributed by atoms with van der Waals surface area (Å²) in [6, 6.07) is 27.8. The number of aryl methyl sites for hydroxylation is 1. The zero-order chi connectivity index (χ0) is 21.1. The van der Waals surface area contributed by atoms with Crippen molar-refractivity contribution >= 4 is 21.1 Å². The third-order valence-corrected chi connectivity index (χ3v) is 8.27. The molecule has 3 nitrogen and oxygen atoms in total. The fourth-order valence-corrected chi connectivity index (χ4v) is 5.71. The van der Waals surface area contributed by atoms with Gasteiger partial charge in [0.1, 0.15) is 17.2 Å². The lowest BCUT2D eigenvalue weighted by Gasteiger charge is -2.33. The summed E-state index contributed by atoms with van der Waals surface area (Å²) >= 11 is 0. The summed E-state index contributed by atoms with van der Waals surface area (Å²) in [5.41, 5.74) is 1.19. The van der Waals surface area contributed by atoms with E-state index < -0.39 is 10.3 Å². The summed E-state index contributed by atoms with van der Waals surface area (Å²) < 4.78 is 23.1. The Morgan fingerprint density at radius 2 is 1.27 bits per heavy atom. The second kappa shape index (κ2) is 8.42. The smallest absolute Gasteiger partial charge is 0.135 e. The molecule has 0 heterocycles. The first-order valence-electron chi connectivity index (χ1n) is 9.99. The van der Waals surface area contributed by atoms with Crippen LogP contribution in [0.2, 0.25) is 0 Å². The van der Waals surface area contributed by atoms with Gasteiger partial charge in [0.15, 0.2) is 0 Å². The lowest BCUT2D eigenvalue weighted by molar-refractivity contribution is 0.418. The van der Waals surface area contributed by atoms with Crippen molar-refractivity contribution in [2.75, 3.05) is 12.9 Å². The van der Waals surface area contributed by atoms with Crippen molar-refractivity contribution in [2.45, 2.75) is 23.6 Å². The second-order valence-corrected chi connectivity index (χ2v) is 10.1. The van der Waals surface area contributed by atoms with Crippen molar-refractivity contribution in [2.24, 2.45) is 0 Å². The Labute approximate surface area is 179 Å². The summed E-state index contributed by atoms with van der Waals surface area (Å²) in [4.78, 5) is 1.91. The van der Waals surface area contributed by atoms with E-state index in [9.17, 15) is 4.55 Å². The maximum absolute atomic E-state index is 11.5. The minimum atomic E-state index is -2.06. The summed E-state index contributed by atoms with van der Waals surface area (Å²) in [7, 11) is -0.384. The van der Waals surface area contributed by atoms with Gasteiger partial charge in [0.25, 0.3) is 0 Å². The van der Waals surface area contributed by atoms with E-state index in [0.29, 0.717) is 5.75 Å². The van der Waals surface area contributed by atoms with Gasteiger partial charge in [0.05, 0.1) is 7.11 Å². The zero-order valence-corrected chi connectivity index (χ0v) is 18.3. The van der Waals surface area contributed by atoms with Crippen LogP contribution in [-0.4, -0.2) is 17.4 Å². The van der Waals surface area contributed by atoms with Crippen LogP contribution in [0.5, 0.6) is 17.2 Å². The molecule has 0 aliphatic carbocycles. The number of fused-ring (bicyclic) bond motifs is 1. The fourth-order valence-electron chi connectivity index (χ4n) is 3.60. The molecule has 0 aliphatic heterocycles. The Kier molecular flexibility index (Phi) is 5.71. The molecule has 0 spiro atoms. The predicted molar refractivity (Wildman–Crippen MR) is 125 cm³/mol. The molecule has 0 aliphatic rings. The molecule has 30 heavy (non-hydrogen) atoms. The quantitative estimate of drug-likeness (QED) is 0.349. The molecule has 1 unspecified atom stereocenters. The lowest BCUT2D eigenvalue weighted by atomic mass is 10.1. The van der Waals surface area contributed by atoms with Crippen molar-refractivity contribution in [3.05, 3.63) is 90.5 Å². The molecule has 0 radical (unpaired) electrons. The van der Waals surface area contributed by atoms with Gasteiger partial charge in [-0.25, -0.2) is 0 Å². The first-order chi connectivity index (χ1) is 14.5. The van der Waals surface area contributed by atoms with E-state index in [-0.39, 0.29) is 0 Å². The zero-order valence-electron chi connectivity index (χ0n) is 17.5. The van der Waals surface area contributed by atoms with Crippen molar-refractivity contribution in [1.82, 2.24) is 0 Å². The van der Waals surface area contributed by atoms with E-state index >= 15 is 0 Å². The van der Waals surface area contributed by atoms with Crippen LogP contribution in [0.25, 0.3) is 10.8 Å². The molecule has 0 fully saturated rings. The minimum Gasteiger partial charge on any atom is -0.496 e. The monoisotopic (exact) mass is 418 g/mol. The molecule has 0 bridgehead atoms. The van der Waals surface area contributed by atoms with Gasteiger partial charge in [0.2, 0.25) is 0 Å². The molecule has 1 atom stereocenters. The Balaban J connectivity index is 1.64. The molecule has 4 aromatic rings. The van der Waals surface area contributed by atoms with E-state index in [1.165, 1.54) is 5.56 Å². The average Bonchev–Trinajstić information content (AvgIpc) is 2.80. The maximum atomic E-state index is 11.5. The molecule has 0 saturated carbocycles. The Bertz CT molecular complexity index is 1150. The van der Waals surface area contributed by atoms with E-state index in [4.69, 9.17) is 9.47 Å². The number of methoxy groups -OCH3 is 1. The van der Waals surface area contributed by atoms with Crippen LogP contribution in [0.4, 0.5) is 0 Å². The standard InChI is InChI=1S/C26H26O3S/c1-4-30(27,21-13-9-19(2)10-14-21)22-15-11-20(12-16-22)29-26-18-17-25(28-3)23-7-5-6-8-24(23)26/h5-18,27H,4H2,1-3H3. The van der Waals surface area contributed by atoms with Gasteiger partial charge in [-0.2, -0.15) is 0 Å². The second-order valence-electron chi connectivity index (χ2n) is 7.19. The highest BCUT2D eigenvalue weighted by Crippen LogP contribution is 2.59. The van der Waals surface area contributed by atoms with E-state index in [2.05, 4.69) is 19.1 Å². The molecular formula is C26H26O3S. The third kappa shape index (κ3) is 3.76. The molecule has 0 saturated heterocycles. The van der Waals surface area contributed by atoms with Crippen LogP contribution in [0.1, 0.15) is 12.5 Å². The van der Waals surface area contributed by atoms with Crippen LogP contribution < -0.4 is 9.47 Å². The summed E-state index contributed by atoms with van der Waals surface area (Å²) in [5, 5.41) is 2.01. The largest absolute Gasteiger partial charge is 0.496 e. The van der Waals surface area contributed by atoms with Crippen LogP contribution >= 0.6 is 10.3 Å². The van der Waals surface area contributed by atoms with Crippen molar-refractivity contribution in [3.8, 4) is 17.2 Å². The Morgan fingerprint density at radius 1 is 0.733 bits per heavy atom. The van der Waals surface area contributed by atoms with Gasteiger partial charge >= 0.3 is 0 Å². The number of benzene rings is 4. The molecule has 4 rings (SSSR count). The van der Waals surface area contributed by atoms with E-state index in [1.807, 2.05) is 79.7 Å². The Morgan fingerprint density at radius 3 is 1.83 bits per heavy atom. The minimum absolute atomic E-state index is 0.666. The van der Waals surface area contributed by atoms with Gasteiger partial charge in [-0.05, 0) is 55.5 Å². The van der Waals surface area contributed by atoms with Crippen LogP contribution in [0.3, 0.4) is 0 Å². The fraction of sp³-hybridized carbons (Fsp3) is 0.154. The van der Waals surface area contributed by atoms with Crippen molar-refractivity contribution in [1.29, 1.82) is 0 Å². The highest BCUT2D eigenvalue weighted by Gasteiger charge is 2.24. The number of ether oxygens (including phenoxy) is 2. The molecule has 0 amide bonds.